The number of nitriles is 1. The van der Waals surface area contributed by atoms with Crippen molar-refractivity contribution in [2.24, 2.45) is 0 Å². The van der Waals surface area contributed by atoms with Crippen molar-refractivity contribution >= 4 is 5.82 Å². The molecule has 4 nitrogen and oxygen atoms in total. The van der Waals surface area contributed by atoms with Crippen LogP contribution < -0.4 is 5.73 Å². The van der Waals surface area contributed by atoms with Gasteiger partial charge in [0.15, 0.2) is 0 Å². The van der Waals surface area contributed by atoms with E-state index in [9.17, 15) is 0 Å². The van der Waals surface area contributed by atoms with Crippen LogP contribution in [-0.4, -0.2) is 16.9 Å². The van der Waals surface area contributed by atoms with Crippen LogP contribution in [0.5, 0.6) is 0 Å². The highest BCUT2D eigenvalue weighted by Crippen LogP contribution is 2.10. The van der Waals surface area contributed by atoms with Crippen LogP contribution >= 0.6 is 0 Å². The molecule has 19 heavy (non-hydrogen) atoms. The SMILES string of the molecule is CN(Cc1cccc(C#N)c1)Cc1ccnc(N)c1. The molecule has 0 spiro atoms. The van der Waals surface area contributed by atoms with E-state index < -0.39 is 0 Å². The number of hydrogen-bond acceptors (Lipinski definition) is 4. The van der Waals surface area contributed by atoms with Crippen molar-refractivity contribution < 1.29 is 0 Å². The minimum Gasteiger partial charge on any atom is -0.384 e. The smallest absolute Gasteiger partial charge is 0.123 e. The predicted octanol–water partition coefficient (Wildman–Crippen LogP) is 2.17. The van der Waals surface area contributed by atoms with E-state index in [-0.39, 0.29) is 0 Å². The van der Waals surface area contributed by atoms with Gasteiger partial charge in [0.2, 0.25) is 0 Å². The van der Waals surface area contributed by atoms with E-state index in [0.29, 0.717) is 11.4 Å². The van der Waals surface area contributed by atoms with E-state index in [1.165, 1.54) is 0 Å². The molecule has 1 aromatic carbocycles. The van der Waals surface area contributed by atoms with Gasteiger partial charge in [-0.2, -0.15) is 5.26 Å². The van der Waals surface area contributed by atoms with Crippen molar-refractivity contribution in [1.29, 1.82) is 5.26 Å². The van der Waals surface area contributed by atoms with Gasteiger partial charge in [-0.3, -0.25) is 4.90 Å². The van der Waals surface area contributed by atoms with Crippen LogP contribution in [-0.2, 0) is 13.1 Å². The van der Waals surface area contributed by atoms with Crippen molar-refractivity contribution in [3.63, 3.8) is 0 Å². The number of nitrogens with zero attached hydrogens (tertiary/aromatic N) is 3. The monoisotopic (exact) mass is 252 g/mol. The molecule has 1 aromatic heterocycles. The van der Waals surface area contributed by atoms with Gasteiger partial charge in [-0.05, 0) is 42.4 Å². The Kier molecular flexibility index (Phi) is 4.11. The van der Waals surface area contributed by atoms with E-state index in [0.717, 1.165) is 24.2 Å². The Morgan fingerprint density at radius 1 is 1.21 bits per heavy atom. The Labute approximate surface area is 113 Å². The van der Waals surface area contributed by atoms with Gasteiger partial charge in [-0.25, -0.2) is 4.98 Å². The van der Waals surface area contributed by atoms with Crippen LogP contribution in [0.2, 0.25) is 0 Å². The fourth-order valence-electron chi connectivity index (χ4n) is 2.01. The Morgan fingerprint density at radius 3 is 2.63 bits per heavy atom. The van der Waals surface area contributed by atoms with Gasteiger partial charge in [0.1, 0.15) is 5.82 Å². The molecule has 0 saturated carbocycles. The molecule has 0 radical (unpaired) electrons. The molecule has 0 atom stereocenters. The lowest BCUT2D eigenvalue weighted by Crippen LogP contribution is -2.17. The molecule has 0 unspecified atom stereocenters. The Balaban J connectivity index is 2.01. The van der Waals surface area contributed by atoms with Gasteiger partial charge in [0.05, 0.1) is 11.6 Å². The second kappa shape index (κ2) is 5.98. The van der Waals surface area contributed by atoms with Crippen LogP contribution in [0.15, 0.2) is 42.6 Å². The van der Waals surface area contributed by atoms with Crippen molar-refractivity contribution in [2.75, 3.05) is 12.8 Å². The zero-order chi connectivity index (χ0) is 13.7. The first-order valence-corrected chi connectivity index (χ1v) is 6.05. The molecule has 2 rings (SSSR count). The highest BCUT2D eigenvalue weighted by atomic mass is 15.1. The molecule has 2 N–H and O–H groups in total. The molecule has 0 aliphatic heterocycles. The fourth-order valence-corrected chi connectivity index (χ4v) is 2.01. The third-order valence-corrected chi connectivity index (χ3v) is 2.81. The van der Waals surface area contributed by atoms with Gasteiger partial charge < -0.3 is 5.73 Å². The van der Waals surface area contributed by atoms with Crippen LogP contribution in [0, 0.1) is 11.3 Å². The summed E-state index contributed by atoms with van der Waals surface area (Å²) in [6.07, 6.45) is 1.72. The van der Waals surface area contributed by atoms with Gasteiger partial charge in [0, 0.05) is 19.3 Å². The molecule has 0 aliphatic rings. The summed E-state index contributed by atoms with van der Waals surface area (Å²) in [6.45, 7) is 1.58. The first-order chi connectivity index (χ1) is 9.17. The van der Waals surface area contributed by atoms with Crippen LogP contribution in [0.3, 0.4) is 0 Å². The van der Waals surface area contributed by atoms with E-state index in [4.69, 9.17) is 11.0 Å². The van der Waals surface area contributed by atoms with Crippen molar-refractivity contribution in [2.45, 2.75) is 13.1 Å². The average Bonchev–Trinajstić information content (AvgIpc) is 2.38. The zero-order valence-corrected chi connectivity index (χ0v) is 10.9. The number of anilines is 1. The topological polar surface area (TPSA) is 65.9 Å². The Hall–Kier alpha value is -2.38. The first kappa shape index (κ1) is 13.1. The molecule has 96 valence electrons. The number of benzene rings is 1. The zero-order valence-electron chi connectivity index (χ0n) is 10.9. The molecule has 0 saturated heterocycles. The third kappa shape index (κ3) is 3.80. The van der Waals surface area contributed by atoms with Crippen LogP contribution in [0.1, 0.15) is 16.7 Å². The van der Waals surface area contributed by atoms with Crippen molar-refractivity contribution in [3.8, 4) is 6.07 Å². The summed E-state index contributed by atoms with van der Waals surface area (Å²) in [7, 11) is 2.04. The second-order valence-corrected chi connectivity index (χ2v) is 4.57. The average molecular weight is 252 g/mol. The maximum atomic E-state index is 8.88. The minimum atomic E-state index is 0.539. The maximum Gasteiger partial charge on any atom is 0.123 e. The summed E-state index contributed by atoms with van der Waals surface area (Å²) in [5, 5.41) is 8.88. The predicted molar refractivity (Wildman–Crippen MR) is 75.0 cm³/mol. The highest BCUT2D eigenvalue weighted by Gasteiger charge is 2.03. The highest BCUT2D eigenvalue weighted by molar-refractivity contribution is 5.33. The molecule has 0 fully saturated rings. The molecule has 0 amide bonds. The van der Waals surface area contributed by atoms with Crippen LogP contribution in [0.4, 0.5) is 5.82 Å². The number of aromatic nitrogens is 1. The van der Waals surface area contributed by atoms with E-state index >= 15 is 0 Å². The lowest BCUT2D eigenvalue weighted by atomic mass is 10.1. The number of nitrogen functional groups attached to an aromatic ring is 1. The van der Waals surface area contributed by atoms with Crippen LogP contribution in [0.25, 0.3) is 0 Å². The Morgan fingerprint density at radius 2 is 1.95 bits per heavy atom. The molecule has 2 aromatic rings. The number of nitrogens with two attached hydrogens (primary N) is 1. The van der Waals surface area contributed by atoms with E-state index in [1.807, 2.05) is 43.4 Å². The fraction of sp³-hybridized carbons (Fsp3) is 0.200. The standard InChI is InChI=1S/C15H16N4/c1-19(11-14-5-6-18-15(17)8-14)10-13-4-2-3-12(7-13)9-16/h2-8H,10-11H2,1H3,(H2,17,18). The lowest BCUT2D eigenvalue weighted by molar-refractivity contribution is 0.319. The molecule has 0 bridgehead atoms. The summed E-state index contributed by atoms with van der Waals surface area (Å²) in [4.78, 5) is 6.15. The third-order valence-electron chi connectivity index (χ3n) is 2.81. The summed E-state index contributed by atoms with van der Waals surface area (Å²) in [5.41, 5.74) is 8.61. The Bertz CT molecular complexity index is 601. The molecule has 0 aliphatic carbocycles. The van der Waals surface area contributed by atoms with E-state index in [1.54, 1.807) is 6.20 Å². The van der Waals surface area contributed by atoms with Gasteiger partial charge in [0.25, 0.3) is 0 Å². The molecular formula is C15H16N4. The second-order valence-electron chi connectivity index (χ2n) is 4.57. The number of hydrogen-bond donors (Lipinski definition) is 1. The van der Waals surface area contributed by atoms with Crippen molar-refractivity contribution in [3.05, 3.63) is 59.3 Å². The summed E-state index contributed by atoms with van der Waals surface area (Å²) < 4.78 is 0. The van der Waals surface area contributed by atoms with Gasteiger partial charge in [-0.15, -0.1) is 0 Å². The van der Waals surface area contributed by atoms with Gasteiger partial charge in [-0.1, -0.05) is 12.1 Å². The van der Waals surface area contributed by atoms with Gasteiger partial charge >= 0.3 is 0 Å². The molecule has 1 heterocycles. The molecule has 4 heteroatoms. The molecular weight excluding hydrogens is 236 g/mol. The maximum absolute atomic E-state index is 8.88. The van der Waals surface area contributed by atoms with Crippen molar-refractivity contribution in [1.82, 2.24) is 9.88 Å². The summed E-state index contributed by atoms with van der Waals surface area (Å²) >= 11 is 0. The number of pyridine rings is 1. The number of rotatable bonds is 4. The summed E-state index contributed by atoms with van der Waals surface area (Å²) in [6, 6.07) is 13.7. The largest absolute Gasteiger partial charge is 0.384 e. The van der Waals surface area contributed by atoms with E-state index in [2.05, 4.69) is 16.0 Å². The quantitative estimate of drug-likeness (QED) is 0.905. The minimum absolute atomic E-state index is 0.539. The summed E-state index contributed by atoms with van der Waals surface area (Å²) in [5.74, 6) is 0.539. The normalized spacial score (nSPS) is 10.4. The first-order valence-electron chi connectivity index (χ1n) is 6.05. The lowest BCUT2D eigenvalue weighted by Gasteiger charge is -2.17.